The number of nitrogens with one attached hydrogen (secondary N) is 1. The molecule has 1 aromatic carbocycles. The van der Waals surface area contributed by atoms with Gasteiger partial charge in [-0.2, -0.15) is 0 Å². The van der Waals surface area contributed by atoms with Crippen LogP contribution in [0.5, 0.6) is 0 Å². The molecule has 21 heavy (non-hydrogen) atoms. The third kappa shape index (κ3) is 3.79. The molecule has 0 aliphatic heterocycles. The molecule has 0 unspecified atom stereocenters. The summed E-state index contributed by atoms with van der Waals surface area (Å²) in [7, 11) is -3.83. The average Bonchev–Trinajstić information content (AvgIpc) is 2.82. The minimum absolute atomic E-state index is 0.0417. The van der Waals surface area contributed by atoms with Crippen LogP contribution in [-0.2, 0) is 10.0 Å². The van der Waals surface area contributed by atoms with Crippen LogP contribution in [0.1, 0.15) is 9.67 Å². The molecule has 1 aromatic heterocycles. The number of halogens is 1. The van der Waals surface area contributed by atoms with Crippen LogP contribution in [0.25, 0.3) is 0 Å². The first kappa shape index (κ1) is 16.3. The highest BCUT2D eigenvalue weighted by molar-refractivity contribution is 9.11. The maximum atomic E-state index is 12.3. The van der Waals surface area contributed by atoms with Crippen molar-refractivity contribution >= 4 is 60.7 Å². The number of aromatic carboxylic acids is 1. The van der Waals surface area contributed by atoms with E-state index in [1.165, 1.54) is 0 Å². The molecule has 0 saturated carbocycles. The number of thioether (sulfide) groups is 1. The van der Waals surface area contributed by atoms with Crippen molar-refractivity contribution in [3.63, 3.8) is 0 Å². The largest absolute Gasteiger partial charge is 0.477 e. The van der Waals surface area contributed by atoms with Gasteiger partial charge in [-0.25, -0.2) is 13.2 Å². The number of hydrogen-bond donors (Lipinski definition) is 2. The molecule has 0 aliphatic carbocycles. The lowest BCUT2D eigenvalue weighted by Gasteiger charge is -2.07. The van der Waals surface area contributed by atoms with Crippen LogP contribution >= 0.6 is 39.0 Å². The van der Waals surface area contributed by atoms with Crippen molar-refractivity contribution in [2.75, 3.05) is 11.0 Å². The number of carbonyl (C=O) groups is 1. The summed E-state index contributed by atoms with van der Waals surface area (Å²) in [6.45, 7) is 0. The quantitative estimate of drug-likeness (QED) is 0.737. The Morgan fingerprint density at radius 2 is 1.95 bits per heavy atom. The number of thiophene rings is 1. The van der Waals surface area contributed by atoms with Crippen LogP contribution in [0.4, 0.5) is 5.69 Å². The van der Waals surface area contributed by atoms with Crippen molar-refractivity contribution in [1.82, 2.24) is 0 Å². The topological polar surface area (TPSA) is 83.5 Å². The highest BCUT2D eigenvalue weighted by Gasteiger charge is 2.23. The molecule has 112 valence electrons. The van der Waals surface area contributed by atoms with Gasteiger partial charge in [-0.3, -0.25) is 4.72 Å². The molecule has 0 amide bonds. The number of sulfonamides is 1. The summed E-state index contributed by atoms with van der Waals surface area (Å²) < 4.78 is 27.2. The zero-order valence-corrected chi connectivity index (χ0v) is 14.7. The number of benzene rings is 1. The normalized spacial score (nSPS) is 11.3. The fourth-order valence-electron chi connectivity index (χ4n) is 1.51. The first-order valence-electron chi connectivity index (χ1n) is 5.53. The number of hydrogen-bond acceptors (Lipinski definition) is 5. The minimum atomic E-state index is -3.83. The Morgan fingerprint density at radius 3 is 2.43 bits per heavy atom. The Bertz CT molecular complexity index is 768. The summed E-state index contributed by atoms with van der Waals surface area (Å²) in [4.78, 5) is 11.8. The Morgan fingerprint density at radius 1 is 1.33 bits per heavy atom. The molecule has 0 saturated heterocycles. The molecule has 0 aliphatic rings. The Balaban J connectivity index is 2.31. The summed E-state index contributed by atoms with van der Waals surface area (Å²) >= 11 is 5.50. The highest BCUT2D eigenvalue weighted by atomic mass is 79.9. The summed E-state index contributed by atoms with van der Waals surface area (Å²) in [6, 6.07) is 8.04. The summed E-state index contributed by atoms with van der Waals surface area (Å²) in [6.07, 6.45) is 1.93. The van der Waals surface area contributed by atoms with Gasteiger partial charge in [0.2, 0.25) is 0 Å². The molecule has 0 fully saturated rings. The van der Waals surface area contributed by atoms with Gasteiger partial charge < -0.3 is 5.11 Å². The van der Waals surface area contributed by atoms with Crippen LogP contribution in [0.3, 0.4) is 0 Å². The summed E-state index contributed by atoms with van der Waals surface area (Å²) in [5.74, 6) is -1.16. The number of carboxylic acids is 1. The standard InChI is InChI=1S/C12H10BrNO4S3/c1-19-8-4-2-7(3-5-8)14-21(17,18)10-6-9(12(15)16)20-11(10)13/h2-6,14H,1H3,(H,15,16). The molecule has 2 aromatic rings. The summed E-state index contributed by atoms with van der Waals surface area (Å²) in [5.41, 5.74) is 0.419. The molecule has 1 heterocycles. The second-order valence-electron chi connectivity index (χ2n) is 3.89. The van der Waals surface area contributed by atoms with Gasteiger partial charge in [0, 0.05) is 10.6 Å². The van der Waals surface area contributed by atoms with E-state index in [9.17, 15) is 13.2 Å². The van der Waals surface area contributed by atoms with Crippen LogP contribution < -0.4 is 4.72 Å². The van der Waals surface area contributed by atoms with Gasteiger partial charge in [0.25, 0.3) is 10.0 Å². The van der Waals surface area contributed by atoms with Crippen molar-refractivity contribution in [2.45, 2.75) is 9.79 Å². The molecule has 5 nitrogen and oxygen atoms in total. The van der Waals surface area contributed by atoms with E-state index in [1.54, 1.807) is 36.0 Å². The lowest BCUT2D eigenvalue weighted by molar-refractivity contribution is 0.0702. The van der Waals surface area contributed by atoms with Gasteiger partial charge in [0.1, 0.15) is 9.77 Å². The zero-order chi connectivity index (χ0) is 15.6. The van der Waals surface area contributed by atoms with E-state index in [0.29, 0.717) is 5.69 Å². The van der Waals surface area contributed by atoms with E-state index < -0.39 is 16.0 Å². The van der Waals surface area contributed by atoms with Crippen LogP contribution in [-0.4, -0.2) is 25.7 Å². The van der Waals surface area contributed by atoms with Crippen LogP contribution in [0, 0.1) is 0 Å². The maximum absolute atomic E-state index is 12.3. The van der Waals surface area contributed by atoms with E-state index >= 15 is 0 Å². The van der Waals surface area contributed by atoms with Gasteiger partial charge in [-0.05, 0) is 52.5 Å². The Kier molecular flexibility index (Phi) is 4.97. The third-order valence-corrected chi connectivity index (χ3v) is 6.86. The molecule has 0 atom stereocenters. The zero-order valence-electron chi connectivity index (χ0n) is 10.7. The fraction of sp³-hybridized carbons (Fsp3) is 0.0833. The molecule has 0 bridgehead atoms. The van der Waals surface area contributed by atoms with E-state index in [2.05, 4.69) is 20.7 Å². The molecule has 9 heteroatoms. The smallest absolute Gasteiger partial charge is 0.345 e. The van der Waals surface area contributed by atoms with E-state index in [-0.39, 0.29) is 13.6 Å². The van der Waals surface area contributed by atoms with Gasteiger partial charge in [-0.1, -0.05) is 0 Å². The number of anilines is 1. The minimum Gasteiger partial charge on any atom is -0.477 e. The maximum Gasteiger partial charge on any atom is 0.345 e. The predicted molar refractivity (Wildman–Crippen MR) is 88.0 cm³/mol. The number of carboxylic acid groups (broad SMARTS) is 1. The third-order valence-electron chi connectivity index (χ3n) is 2.50. The number of rotatable bonds is 5. The van der Waals surface area contributed by atoms with Crippen molar-refractivity contribution in [1.29, 1.82) is 0 Å². The predicted octanol–water partition coefficient (Wildman–Crippen LogP) is 3.73. The SMILES string of the molecule is CSc1ccc(NS(=O)(=O)c2cc(C(=O)O)sc2Br)cc1. The van der Waals surface area contributed by atoms with Crippen molar-refractivity contribution in [3.05, 3.63) is 39.0 Å². The average molecular weight is 408 g/mol. The van der Waals surface area contributed by atoms with E-state index in [0.717, 1.165) is 22.3 Å². The molecule has 0 spiro atoms. The lowest BCUT2D eigenvalue weighted by Crippen LogP contribution is -2.12. The molecule has 2 N–H and O–H groups in total. The van der Waals surface area contributed by atoms with Crippen LogP contribution in [0.15, 0.2) is 43.9 Å². The second-order valence-corrected chi connectivity index (χ2v) is 8.79. The van der Waals surface area contributed by atoms with E-state index in [4.69, 9.17) is 5.11 Å². The van der Waals surface area contributed by atoms with Gasteiger partial charge >= 0.3 is 5.97 Å². The monoisotopic (exact) mass is 407 g/mol. The molecular formula is C12H10BrNO4S3. The molecule has 0 radical (unpaired) electrons. The highest BCUT2D eigenvalue weighted by Crippen LogP contribution is 2.33. The van der Waals surface area contributed by atoms with Gasteiger partial charge in [-0.15, -0.1) is 23.1 Å². The lowest BCUT2D eigenvalue weighted by atomic mass is 10.3. The Hall–Kier alpha value is -1.03. The summed E-state index contributed by atoms with van der Waals surface area (Å²) in [5, 5.41) is 8.91. The van der Waals surface area contributed by atoms with Gasteiger partial charge in [0.15, 0.2) is 0 Å². The van der Waals surface area contributed by atoms with Gasteiger partial charge in [0.05, 0.1) is 3.79 Å². The van der Waals surface area contributed by atoms with Crippen LogP contribution in [0.2, 0.25) is 0 Å². The molecule has 2 rings (SSSR count). The second kappa shape index (κ2) is 6.39. The van der Waals surface area contributed by atoms with E-state index in [1.807, 2.05) is 6.26 Å². The van der Waals surface area contributed by atoms with Crippen molar-refractivity contribution in [2.24, 2.45) is 0 Å². The Labute approximate surface area is 138 Å². The molecular weight excluding hydrogens is 398 g/mol. The first-order chi connectivity index (χ1) is 9.83. The van der Waals surface area contributed by atoms with Crippen molar-refractivity contribution < 1.29 is 18.3 Å². The van der Waals surface area contributed by atoms with Crippen molar-refractivity contribution in [3.8, 4) is 0 Å². The first-order valence-corrected chi connectivity index (χ1v) is 9.85. The fourth-order valence-corrected chi connectivity index (χ4v) is 5.38.